The van der Waals surface area contributed by atoms with E-state index in [2.05, 4.69) is 0 Å². The molecule has 0 rings (SSSR count). The molecule has 0 heterocycles. The zero-order valence-electron chi connectivity index (χ0n) is 5.48. The second-order valence-corrected chi connectivity index (χ2v) is 6.29. The van der Waals surface area contributed by atoms with E-state index in [1.165, 1.54) is 0 Å². The number of nitrogens with one attached hydrogen (secondary N) is 1. The minimum absolute atomic E-state index is 0.239. The lowest BCUT2D eigenvalue weighted by atomic mass is 11.0. The van der Waals surface area contributed by atoms with Crippen LogP contribution in [0.1, 0.15) is 0 Å². The summed E-state index contributed by atoms with van der Waals surface area (Å²) in [5.41, 5.74) is 0. The highest BCUT2D eigenvalue weighted by Crippen LogP contribution is 2.33. The van der Waals surface area contributed by atoms with Gasteiger partial charge in [-0.1, -0.05) is 0 Å². The summed E-state index contributed by atoms with van der Waals surface area (Å²) in [5.74, 6) is -0.239. The van der Waals surface area contributed by atoms with Gasteiger partial charge >= 0.3 is 7.60 Å². The molecule has 0 aliphatic heterocycles. The van der Waals surface area contributed by atoms with E-state index in [-0.39, 0.29) is 5.75 Å². The maximum absolute atomic E-state index is 10.6. The first-order valence-corrected chi connectivity index (χ1v) is 6.40. The summed E-state index contributed by atoms with van der Waals surface area (Å²) in [7, 11) is -6.81. The lowest BCUT2D eigenvalue weighted by molar-refractivity contribution is 0.375. The first-order chi connectivity index (χ1) is 4.21. The zero-order valence-corrected chi connectivity index (χ0v) is 7.19. The molecule has 3 N–H and O–H groups in total. The maximum Gasteiger partial charge on any atom is 0.326 e. The van der Waals surface area contributed by atoms with Crippen molar-refractivity contribution >= 4 is 17.3 Å². The smallest absolute Gasteiger partial charge is 0.324 e. The molecule has 0 amide bonds. The van der Waals surface area contributed by atoms with Crippen molar-refractivity contribution in [1.82, 2.24) is 0 Å². The molecule has 0 aromatic rings. The van der Waals surface area contributed by atoms with Crippen LogP contribution in [0.4, 0.5) is 0 Å². The highest BCUT2D eigenvalue weighted by atomic mass is 32.2. The fourth-order valence-electron chi connectivity index (χ4n) is 0.293. The minimum atomic E-state index is -4.06. The van der Waals surface area contributed by atoms with Gasteiger partial charge in [0.05, 0.1) is 6.16 Å². The van der Waals surface area contributed by atoms with Crippen molar-refractivity contribution in [3.8, 4) is 0 Å². The average Bonchev–Trinajstić information content (AvgIpc) is 1.57. The highest BCUT2D eigenvalue weighted by Gasteiger charge is 2.14. The van der Waals surface area contributed by atoms with Gasteiger partial charge in [-0.25, -0.2) is 0 Å². The predicted molar refractivity (Wildman–Crippen MR) is 38.6 cm³/mol. The predicted octanol–water partition coefficient (Wildman–Crippen LogP) is -0.159. The Morgan fingerprint density at radius 1 is 1.60 bits per heavy atom. The third kappa shape index (κ3) is 8.10. The first kappa shape index (κ1) is 10.1. The average molecular weight is 187 g/mol. The Labute approximate surface area is 59.6 Å². The van der Waals surface area contributed by atoms with Crippen LogP contribution < -0.4 is 0 Å². The Bertz CT molecular complexity index is 239. The van der Waals surface area contributed by atoms with E-state index in [1.807, 2.05) is 0 Å². The molecule has 0 spiro atoms. The van der Waals surface area contributed by atoms with Crippen LogP contribution in [-0.2, 0) is 14.3 Å². The Morgan fingerprint density at radius 2 is 2.00 bits per heavy atom. The van der Waals surface area contributed by atoms with Crippen molar-refractivity contribution in [2.24, 2.45) is 0 Å². The summed E-state index contributed by atoms with van der Waals surface area (Å²) >= 11 is 0. The molecule has 7 heteroatoms. The van der Waals surface area contributed by atoms with Crippen LogP contribution in [-0.4, -0.2) is 32.2 Å². The van der Waals surface area contributed by atoms with Gasteiger partial charge in [0.2, 0.25) is 0 Å². The highest BCUT2D eigenvalue weighted by molar-refractivity contribution is 7.92. The van der Waals surface area contributed by atoms with E-state index in [1.54, 1.807) is 0 Å². The molecule has 1 unspecified atom stereocenters. The van der Waals surface area contributed by atoms with Gasteiger partial charge < -0.3 is 9.79 Å². The van der Waals surface area contributed by atoms with Gasteiger partial charge in [0, 0.05) is 21.7 Å². The summed E-state index contributed by atoms with van der Waals surface area (Å²) in [5, 5.41) is 0. The van der Waals surface area contributed by atoms with Crippen molar-refractivity contribution in [2.45, 2.75) is 0 Å². The zero-order chi connectivity index (χ0) is 8.41. The molecule has 0 aliphatic carbocycles. The van der Waals surface area contributed by atoms with Crippen LogP contribution in [0.15, 0.2) is 0 Å². The Hall–Kier alpha value is 0.1000. The maximum atomic E-state index is 10.6. The second kappa shape index (κ2) is 3.00. The normalized spacial score (nSPS) is 18.3. The number of hydrogen-bond acceptors (Lipinski definition) is 3. The third-order valence-corrected chi connectivity index (χ3v) is 2.86. The molecular formula is C3H10NO4PS. The van der Waals surface area contributed by atoms with Crippen molar-refractivity contribution in [3.63, 3.8) is 0 Å². The molecule has 0 saturated carbocycles. The molecule has 0 radical (unpaired) electrons. The van der Waals surface area contributed by atoms with Gasteiger partial charge in [0.1, 0.15) is 0 Å². The molecule has 10 heavy (non-hydrogen) atoms. The minimum Gasteiger partial charge on any atom is -0.324 e. The van der Waals surface area contributed by atoms with Gasteiger partial charge in [-0.3, -0.25) is 13.6 Å². The SMILES string of the molecule is CS(=N)(=O)CCP(=O)(O)O. The van der Waals surface area contributed by atoms with Crippen molar-refractivity contribution < 1.29 is 18.6 Å². The quantitative estimate of drug-likeness (QED) is 0.534. The first-order valence-electron chi connectivity index (χ1n) is 2.47. The van der Waals surface area contributed by atoms with Crippen LogP contribution in [0.2, 0.25) is 0 Å². The van der Waals surface area contributed by atoms with Gasteiger partial charge in [0.15, 0.2) is 0 Å². The third-order valence-electron chi connectivity index (χ3n) is 0.772. The van der Waals surface area contributed by atoms with E-state index in [0.29, 0.717) is 0 Å². The molecule has 5 nitrogen and oxygen atoms in total. The van der Waals surface area contributed by atoms with Crippen LogP contribution >= 0.6 is 7.60 Å². The fraction of sp³-hybridized carbons (Fsp3) is 1.00. The van der Waals surface area contributed by atoms with Gasteiger partial charge in [-0.2, -0.15) is 0 Å². The largest absolute Gasteiger partial charge is 0.326 e. The summed E-state index contributed by atoms with van der Waals surface area (Å²) in [6.07, 6.45) is 0.689. The lowest BCUT2D eigenvalue weighted by Gasteiger charge is -2.02. The molecule has 0 aliphatic rings. The Kier molecular flexibility index (Phi) is 3.03. The molecule has 0 aromatic carbocycles. The molecule has 62 valence electrons. The van der Waals surface area contributed by atoms with Crippen molar-refractivity contribution in [1.29, 1.82) is 4.78 Å². The molecule has 0 bridgehead atoms. The van der Waals surface area contributed by atoms with Crippen molar-refractivity contribution in [3.05, 3.63) is 0 Å². The molecule has 0 fully saturated rings. The Balaban J connectivity index is 3.92. The molecular weight excluding hydrogens is 177 g/mol. The van der Waals surface area contributed by atoms with E-state index >= 15 is 0 Å². The Morgan fingerprint density at radius 3 is 2.10 bits per heavy atom. The van der Waals surface area contributed by atoms with E-state index in [0.717, 1.165) is 6.26 Å². The topological polar surface area (TPSA) is 98.5 Å². The molecule has 0 saturated heterocycles. The van der Waals surface area contributed by atoms with E-state index < -0.39 is 23.5 Å². The van der Waals surface area contributed by atoms with Crippen LogP contribution in [0.25, 0.3) is 0 Å². The molecule has 1 atom stereocenters. The van der Waals surface area contributed by atoms with Gasteiger partial charge in [-0.15, -0.1) is 0 Å². The van der Waals surface area contributed by atoms with Gasteiger partial charge in [-0.05, 0) is 0 Å². The van der Waals surface area contributed by atoms with Crippen LogP contribution in [0.5, 0.6) is 0 Å². The summed E-state index contributed by atoms with van der Waals surface area (Å²) in [4.78, 5) is 16.6. The van der Waals surface area contributed by atoms with Crippen molar-refractivity contribution in [2.75, 3.05) is 18.2 Å². The molecule has 0 aromatic heterocycles. The second-order valence-electron chi connectivity index (χ2n) is 2.10. The van der Waals surface area contributed by atoms with Crippen LogP contribution in [0, 0.1) is 4.78 Å². The van der Waals surface area contributed by atoms with E-state index in [4.69, 9.17) is 14.6 Å². The number of hydrogen-bond donors (Lipinski definition) is 3. The lowest BCUT2D eigenvalue weighted by Crippen LogP contribution is -2.05. The van der Waals surface area contributed by atoms with Gasteiger partial charge in [0.25, 0.3) is 0 Å². The summed E-state index contributed by atoms with van der Waals surface area (Å²) < 4.78 is 27.5. The summed E-state index contributed by atoms with van der Waals surface area (Å²) in [6.45, 7) is 0. The standard InChI is InChI=1S/C3H10NO4PS/c1-10(4,8)3-2-9(5,6)7/h4H,2-3H2,1H3,(H2,5,6,7). The summed E-state index contributed by atoms with van der Waals surface area (Å²) in [6, 6.07) is 0. The fourth-order valence-corrected chi connectivity index (χ4v) is 2.64. The number of rotatable bonds is 3. The van der Waals surface area contributed by atoms with E-state index in [9.17, 15) is 8.77 Å². The monoisotopic (exact) mass is 187 g/mol. The van der Waals surface area contributed by atoms with Crippen LogP contribution in [0.3, 0.4) is 0 Å².